The summed E-state index contributed by atoms with van der Waals surface area (Å²) in [4.78, 5) is 0. The number of hydrogen-bond acceptors (Lipinski definition) is 1. The molecule has 0 heterocycles. The molecule has 1 N–H and O–H groups in total. The minimum atomic E-state index is -0.312. The summed E-state index contributed by atoms with van der Waals surface area (Å²) in [7, 11) is 0. The summed E-state index contributed by atoms with van der Waals surface area (Å²) in [5.74, 6) is -0.618. The summed E-state index contributed by atoms with van der Waals surface area (Å²) in [6, 6.07) is 9.28. The summed E-state index contributed by atoms with van der Waals surface area (Å²) in [5, 5.41) is 2.97. The van der Waals surface area contributed by atoms with E-state index in [0.717, 1.165) is 15.6 Å². The Bertz CT molecular complexity index is 518. The Kier molecular flexibility index (Phi) is 3.97. The van der Waals surface area contributed by atoms with E-state index in [1.54, 1.807) is 18.2 Å². The lowest BCUT2D eigenvalue weighted by Gasteiger charge is -2.10. The van der Waals surface area contributed by atoms with Gasteiger partial charge >= 0.3 is 0 Å². The van der Waals surface area contributed by atoms with E-state index in [4.69, 9.17) is 0 Å². The van der Waals surface area contributed by atoms with E-state index in [1.165, 1.54) is 18.2 Å². The monoisotopic (exact) mass is 311 g/mol. The highest BCUT2D eigenvalue weighted by molar-refractivity contribution is 9.10. The number of anilines is 1. The smallest absolute Gasteiger partial charge is 0.146 e. The summed E-state index contributed by atoms with van der Waals surface area (Å²) in [6.07, 6.45) is 0. The van der Waals surface area contributed by atoms with Gasteiger partial charge in [0, 0.05) is 11.0 Å². The molecular weight excluding hydrogens is 300 g/mol. The van der Waals surface area contributed by atoms with Crippen molar-refractivity contribution in [3.63, 3.8) is 0 Å². The largest absolute Gasteiger partial charge is 0.379 e. The third-order valence-electron chi connectivity index (χ3n) is 2.60. The molecule has 0 atom stereocenters. The molecule has 0 aliphatic rings. The standard InChI is InChI=1S/C14H12BrF2N/c1-9-2-5-13(17)14(6-9)18-8-10-7-11(16)3-4-12(10)15/h2-7,18H,8H2,1H3. The van der Waals surface area contributed by atoms with Gasteiger partial charge in [0.05, 0.1) is 5.69 Å². The van der Waals surface area contributed by atoms with Gasteiger partial charge in [-0.25, -0.2) is 8.78 Å². The van der Waals surface area contributed by atoms with Crippen molar-refractivity contribution in [2.75, 3.05) is 5.32 Å². The average molecular weight is 312 g/mol. The topological polar surface area (TPSA) is 12.0 Å². The minimum absolute atomic E-state index is 0.306. The quantitative estimate of drug-likeness (QED) is 0.870. The van der Waals surface area contributed by atoms with Crippen LogP contribution in [0.1, 0.15) is 11.1 Å². The molecule has 0 saturated heterocycles. The fraction of sp³-hybridized carbons (Fsp3) is 0.143. The zero-order chi connectivity index (χ0) is 13.1. The van der Waals surface area contributed by atoms with Gasteiger partial charge in [0.1, 0.15) is 11.6 Å². The Balaban J connectivity index is 2.16. The lowest BCUT2D eigenvalue weighted by Crippen LogP contribution is -2.03. The van der Waals surface area contributed by atoms with Gasteiger partial charge in [0.25, 0.3) is 0 Å². The van der Waals surface area contributed by atoms with Crippen LogP contribution in [0, 0.1) is 18.6 Å². The van der Waals surface area contributed by atoms with Gasteiger partial charge in [0.2, 0.25) is 0 Å². The molecule has 2 rings (SSSR count). The van der Waals surface area contributed by atoms with Crippen molar-refractivity contribution < 1.29 is 8.78 Å². The van der Waals surface area contributed by atoms with Crippen LogP contribution < -0.4 is 5.32 Å². The van der Waals surface area contributed by atoms with E-state index in [1.807, 2.05) is 6.92 Å². The predicted molar refractivity (Wildman–Crippen MR) is 72.6 cm³/mol. The molecule has 0 fully saturated rings. The van der Waals surface area contributed by atoms with Gasteiger partial charge in [0.15, 0.2) is 0 Å². The van der Waals surface area contributed by atoms with Crippen molar-refractivity contribution in [1.29, 1.82) is 0 Å². The van der Waals surface area contributed by atoms with E-state index in [0.29, 0.717) is 12.2 Å². The van der Waals surface area contributed by atoms with Crippen molar-refractivity contribution in [3.8, 4) is 0 Å². The van der Waals surface area contributed by atoms with Crippen molar-refractivity contribution in [1.82, 2.24) is 0 Å². The van der Waals surface area contributed by atoms with Crippen molar-refractivity contribution >= 4 is 21.6 Å². The number of nitrogens with one attached hydrogen (secondary N) is 1. The van der Waals surface area contributed by atoms with Gasteiger partial charge in [-0.3, -0.25) is 0 Å². The molecule has 0 radical (unpaired) electrons. The van der Waals surface area contributed by atoms with Crippen molar-refractivity contribution in [2.45, 2.75) is 13.5 Å². The second kappa shape index (κ2) is 5.48. The maximum atomic E-state index is 13.5. The first-order chi connectivity index (χ1) is 8.56. The van der Waals surface area contributed by atoms with Crippen LogP contribution in [0.2, 0.25) is 0 Å². The number of rotatable bonds is 3. The number of halogens is 3. The molecule has 1 nitrogen and oxygen atoms in total. The third-order valence-corrected chi connectivity index (χ3v) is 3.37. The molecule has 0 aliphatic heterocycles. The Hall–Kier alpha value is -1.42. The molecule has 0 amide bonds. The SMILES string of the molecule is Cc1ccc(F)c(NCc2cc(F)ccc2Br)c1. The molecular formula is C14H12BrF2N. The molecule has 0 spiro atoms. The average Bonchev–Trinajstić information content (AvgIpc) is 2.34. The maximum absolute atomic E-state index is 13.5. The predicted octanol–water partition coefficient (Wildman–Crippen LogP) is 4.65. The van der Waals surface area contributed by atoms with Gasteiger partial charge < -0.3 is 5.32 Å². The molecule has 0 unspecified atom stereocenters. The molecule has 2 aromatic rings. The summed E-state index contributed by atoms with van der Waals surface area (Å²) >= 11 is 3.34. The first-order valence-corrected chi connectivity index (χ1v) is 6.29. The van der Waals surface area contributed by atoms with E-state index < -0.39 is 0 Å². The molecule has 94 valence electrons. The lowest BCUT2D eigenvalue weighted by molar-refractivity contribution is 0.624. The number of aryl methyl sites for hydroxylation is 1. The lowest BCUT2D eigenvalue weighted by atomic mass is 10.2. The molecule has 18 heavy (non-hydrogen) atoms. The molecule has 0 aliphatic carbocycles. The van der Waals surface area contributed by atoms with E-state index in [9.17, 15) is 8.78 Å². The number of benzene rings is 2. The zero-order valence-electron chi connectivity index (χ0n) is 9.81. The van der Waals surface area contributed by atoms with Gasteiger partial charge in [-0.15, -0.1) is 0 Å². The summed E-state index contributed by atoms with van der Waals surface area (Å²) < 4.78 is 27.4. The molecule has 0 aromatic heterocycles. The van der Waals surface area contributed by atoms with E-state index in [-0.39, 0.29) is 11.6 Å². The van der Waals surface area contributed by atoms with Crippen LogP contribution in [0.25, 0.3) is 0 Å². The van der Waals surface area contributed by atoms with E-state index in [2.05, 4.69) is 21.2 Å². The Labute approximate surface area is 113 Å². The maximum Gasteiger partial charge on any atom is 0.146 e. The number of hydrogen-bond donors (Lipinski definition) is 1. The van der Waals surface area contributed by atoms with Crippen LogP contribution in [0.3, 0.4) is 0 Å². The zero-order valence-corrected chi connectivity index (χ0v) is 11.4. The Morgan fingerprint density at radius 1 is 1.11 bits per heavy atom. The first-order valence-electron chi connectivity index (χ1n) is 5.50. The fourth-order valence-electron chi connectivity index (χ4n) is 1.64. The van der Waals surface area contributed by atoms with E-state index >= 15 is 0 Å². The molecule has 4 heteroatoms. The van der Waals surface area contributed by atoms with Gasteiger partial charge in [-0.2, -0.15) is 0 Å². The second-order valence-corrected chi connectivity index (χ2v) is 4.93. The molecule has 0 bridgehead atoms. The van der Waals surface area contributed by atoms with Crippen LogP contribution >= 0.6 is 15.9 Å². The van der Waals surface area contributed by atoms with Crippen molar-refractivity contribution in [2.24, 2.45) is 0 Å². The molecule has 0 saturated carbocycles. The minimum Gasteiger partial charge on any atom is -0.379 e. The summed E-state index contributed by atoms with van der Waals surface area (Å²) in [5.41, 5.74) is 2.14. The van der Waals surface area contributed by atoms with Gasteiger partial charge in [-0.05, 0) is 48.4 Å². The van der Waals surface area contributed by atoms with Crippen LogP contribution in [0.4, 0.5) is 14.5 Å². The van der Waals surface area contributed by atoms with Crippen LogP contribution in [-0.4, -0.2) is 0 Å². The van der Waals surface area contributed by atoms with Crippen LogP contribution in [0.5, 0.6) is 0 Å². The first kappa shape index (κ1) is 13.0. The highest BCUT2D eigenvalue weighted by Crippen LogP contribution is 2.21. The normalized spacial score (nSPS) is 10.4. The highest BCUT2D eigenvalue weighted by atomic mass is 79.9. The molecule has 2 aromatic carbocycles. The highest BCUT2D eigenvalue weighted by Gasteiger charge is 2.05. The Morgan fingerprint density at radius 2 is 1.89 bits per heavy atom. The second-order valence-electron chi connectivity index (χ2n) is 4.07. The van der Waals surface area contributed by atoms with Crippen LogP contribution in [-0.2, 0) is 6.54 Å². The fourth-order valence-corrected chi connectivity index (χ4v) is 2.03. The Morgan fingerprint density at radius 3 is 2.67 bits per heavy atom. The van der Waals surface area contributed by atoms with Gasteiger partial charge in [-0.1, -0.05) is 22.0 Å². The van der Waals surface area contributed by atoms with Crippen LogP contribution in [0.15, 0.2) is 40.9 Å². The third kappa shape index (κ3) is 3.07. The summed E-state index contributed by atoms with van der Waals surface area (Å²) in [6.45, 7) is 2.25. The van der Waals surface area contributed by atoms with Crippen molar-refractivity contribution in [3.05, 3.63) is 63.6 Å².